The van der Waals surface area contributed by atoms with Crippen LogP contribution < -0.4 is 5.32 Å². The molecule has 2 nitrogen and oxygen atoms in total. The molecule has 0 fully saturated rings. The molecule has 4 heteroatoms. The van der Waals surface area contributed by atoms with Crippen molar-refractivity contribution in [2.45, 2.75) is 12.8 Å². The lowest BCUT2D eigenvalue weighted by Crippen LogP contribution is -2.08. The summed E-state index contributed by atoms with van der Waals surface area (Å²) in [5.74, 6) is 0.700. The van der Waals surface area contributed by atoms with Crippen LogP contribution in [-0.2, 0) is 0 Å². The number of aliphatic imine (C=N–C) groups is 1. The molecule has 0 amide bonds. The fourth-order valence-electron chi connectivity index (χ4n) is 1.39. The lowest BCUT2D eigenvalue weighted by molar-refractivity contribution is 0.628. The van der Waals surface area contributed by atoms with Gasteiger partial charge in [-0.05, 0) is 40.5 Å². The van der Waals surface area contributed by atoms with Crippen LogP contribution >= 0.6 is 15.9 Å². The molecule has 0 aliphatic carbocycles. The minimum absolute atomic E-state index is 0.241. The highest BCUT2D eigenvalue weighted by Gasteiger charge is 2.08. The van der Waals surface area contributed by atoms with Crippen molar-refractivity contribution in [3.63, 3.8) is 0 Å². The Morgan fingerprint density at radius 1 is 1.43 bits per heavy atom. The predicted octanol–water partition coefficient (Wildman–Crippen LogP) is 3.19. The zero-order valence-corrected chi connectivity index (χ0v) is 9.14. The molecule has 0 spiro atoms. The molecule has 0 saturated carbocycles. The Balaban J connectivity index is 2.19. The maximum absolute atomic E-state index is 12.9. The molecule has 0 saturated heterocycles. The summed E-state index contributed by atoms with van der Waals surface area (Å²) in [6, 6.07) is 4.57. The second-order valence-corrected chi connectivity index (χ2v) is 4.04. The number of hydrogen-bond acceptors (Lipinski definition) is 2. The fraction of sp³-hybridized carbons (Fsp3) is 0.300. The van der Waals surface area contributed by atoms with Gasteiger partial charge in [-0.2, -0.15) is 0 Å². The number of rotatable bonds is 1. The maximum Gasteiger partial charge on any atom is 0.125 e. The third-order valence-electron chi connectivity index (χ3n) is 2.08. The number of amidine groups is 1. The van der Waals surface area contributed by atoms with E-state index < -0.39 is 0 Å². The van der Waals surface area contributed by atoms with Crippen LogP contribution in [-0.4, -0.2) is 12.4 Å². The maximum atomic E-state index is 12.9. The first-order valence-electron chi connectivity index (χ1n) is 4.51. The minimum Gasteiger partial charge on any atom is -0.343 e. The van der Waals surface area contributed by atoms with E-state index >= 15 is 0 Å². The minimum atomic E-state index is -0.241. The largest absolute Gasteiger partial charge is 0.343 e. The second-order valence-electron chi connectivity index (χ2n) is 3.18. The van der Waals surface area contributed by atoms with E-state index in [4.69, 9.17) is 0 Å². The first-order valence-corrected chi connectivity index (χ1v) is 5.30. The Hall–Kier alpha value is -0.900. The van der Waals surface area contributed by atoms with Crippen molar-refractivity contribution in [3.05, 3.63) is 28.5 Å². The van der Waals surface area contributed by atoms with Crippen molar-refractivity contribution >= 4 is 27.5 Å². The van der Waals surface area contributed by atoms with Gasteiger partial charge in [-0.15, -0.1) is 0 Å². The van der Waals surface area contributed by atoms with E-state index in [-0.39, 0.29) is 5.82 Å². The first-order chi connectivity index (χ1) is 6.75. The van der Waals surface area contributed by atoms with Gasteiger partial charge in [-0.3, -0.25) is 4.99 Å². The van der Waals surface area contributed by atoms with Gasteiger partial charge in [0.2, 0.25) is 0 Å². The summed E-state index contributed by atoms with van der Waals surface area (Å²) in [7, 11) is 0. The van der Waals surface area contributed by atoms with E-state index in [1.165, 1.54) is 12.1 Å². The molecule has 1 aliphatic rings. The van der Waals surface area contributed by atoms with Crippen LogP contribution in [0.5, 0.6) is 0 Å². The number of nitrogens with one attached hydrogen (secondary N) is 1. The van der Waals surface area contributed by atoms with Gasteiger partial charge in [0.25, 0.3) is 0 Å². The average molecular weight is 257 g/mol. The number of anilines is 1. The van der Waals surface area contributed by atoms with Gasteiger partial charge in [0.15, 0.2) is 0 Å². The topological polar surface area (TPSA) is 24.4 Å². The third-order valence-corrected chi connectivity index (χ3v) is 2.77. The van der Waals surface area contributed by atoms with E-state index in [1.54, 1.807) is 6.07 Å². The van der Waals surface area contributed by atoms with Crippen molar-refractivity contribution in [3.8, 4) is 0 Å². The standard InChI is InChI=1S/C10H10BrFN2/c11-8-4-3-7(12)6-9(8)14-10-2-1-5-13-10/h3-4,6H,1-2,5H2,(H,13,14). The van der Waals surface area contributed by atoms with Crippen molar-refractivity contribution in [2.75, 3.05) is 11.9 Å². The Morgan fingerprint density at radius 3 is 3.00 bits per heavy atom. The first kappa shape index (κ1) is 9.65. The Labute approximate surface area is 90.4 Å². The quantitative estimate of drug-likeness (QED) is 0.820. The van der Waals surface area contributed by atoms with Gasteiger partial charge in [0.1, 0.15) is 11.7 Å². The molecule has 0 atom stereocenters. The number of halogens is 2. The van der Waals surface area contributed by atoms with E-state index in [9.17, 15) is 4.39 Å². The van der Waals surface area contributed by atoms with Gasteiger partial charge in [-0.1, -0.05) is 0 Å². The molecule has 0 radical (unpaired) electrons. The van der Waals surface area contributed by atoms with Crippen molar-refractivity contribution in [1.82, 2.24) is 0 Å². The molecule has 1 N–H and O–H groups in total. The highest BCUT2D eigenvalue weighted by Crippen LogP contribution is 2.24. The molecule has 74 valence electrons. The zero-order valence-electron chi connectivity index (χ0n) is 7.56. The zero-order chi connectivity index (χ0) is 9.97. The summed E-state index contributed by atoms with van der Waals surface area (Å²) in [6.07, 6.45) is 2.03. The average Bonchev–Trinajstić information content (AvgIpc) is 2.64. The Kier molecular flexibility index (Phi) is 2.82. The third kappa shape index (κ3) is 2.12. The van der Waals surface area contributed by atoms with Crippen LogP contribution in [0.3, 0.4) is 0 Å². The molecule has 14 heavy (non-hydrogen) atoms. The smallest absolute Gasteiger partial charge is 0.125 e. The molecule has 0 bridgehead atoms. The van der Waals surface area contributed by atoms with Crippen LogP contribution in [0.2, 0.25) is 0 Å². The number of benzene rings is 1. The van der Waals surface area contributed by atoms with Gasteiger partial charge in [-0.25, -0.2) is 4.39 Å². The molecule has 1 heterocycles. The summed E-state index contributed by atoms with van der Waals surface area (Å²) in [5, 5.41) is 3.11. The molecule has 2 rings (SSSR count). The molecule has 1 aliphatic heterocycles. The van der Waals surface area contributed by atoms with E-state index in [2.05, 4.69) is 26.2 Å². The van der Waals surface area contributed by atoms with E-state index in [0.717, 1.165) is 35.4 Å². The Morgan fingerprint density at radius 2 is 2.29 bits per heavy atom. The SMILES string of the molecule is Fc1ccc(Br)c(NC2=NCCC2)c1. The summed E-state index contributed by atoms with van der Waals surface area (Å²) >= 11 is 3.35. The van der Waals surface area contributed by atoms with Crippen LogP contribution in [0.4, 0.5) is 10.1 Å². The number of hydrogen-bond donors (Lipinski definition) is 1. The van der Waals surface area contributed by atoms with Crippen molar-refractivity contribution < 1.29 is 4.39 Å². The van der Waals surface area contributed by atoms with Gasteiger partial charge >= 0.3 is 0 Å². The van der Waals surface area contributed by atoms with Crippen LogP contribution in [0.25, 0.3) is 0 Å². The van der Waals surface area contributed by atoms with Crippen LogP contribution in [0, 0.1) is 5.82 Å². The van der Waals surface area contributed by atoms with Crippen molar-refractivity contribution in [1.29, 1.82) is 0 Å². The lowest BCUT2D eigenvalue weighted by atomic mass is 10.3. The van der Waals surface area contributed by atoms with Gasteiger partial charge in [0, 0.05) is 17.4 Å². The molecular weight excluding hydrogens is 247 g/mol. The van der Waals surface area contributed by atoms with Crippen LogP contribution in [0.1, 0.15) is 12.8 Å². The van der Waals surface area contributed by atoms with E-state index in [1.807, 2.05) is 0 Å². The molecule has 1 aromatic carbocycles. The van der Waals surface area contributed by atoms with Crippen LogP contribution in [0.15, 0.2) is 27.7 Å². The van der Waals surface area contributed by atoms with Gasteiger partial charge in [0.05, 0.1) is 5.69 Å². The molecule has 1 aromatic rings. The molecule has 0 unspecified atom stereocenters. The lowest BCUT2D eigenvalue weighted by Gasteiger charge is -2.07. The molecular formula is C10H10BrFN2. The summed E-state index contributed by atoms with van der Waals surface area (Å²) in [6.45, 7) is 0.870. The summed E-state index contributed by atoms with van der Waals surface area (Å²) < 4.78 is 13.8. The number of nitrogens with zero attached hydrogens (tertiary/aromatic N) is 1. The fourth-order valence-corrected chi connectivity index (χ4v) is 1.74. The summed E-state index contributed by atoms with van der Waals surface area (Å²) in [5.41, 5.74) is 0.741. The summed E-state index contributed by atoms with van der Waals surface area (Å²) in [4.78, 5) is 4.26. The Bertz CT molecular complexity index is 376. The highest BCUT2D eigenvalue weighted by atomic mass is 79.9. The van der Waals surface area contributed by atoms with Gasteiger partial charge < -0.3 is 5.32 Å². The second kappa shape index (κ2) is 4.09. The molecule has 0 aromatic heterocycles. The van der Waals surface area contributed by atoms with E-state index in [0.29, 0.717) is 0 Å². The predicted molar refractivity (Wildman–Crippen MR) is 59.3 cm³/mol. The highest BCUT2D eigenvalue weighted by molar-refractivity contribution is 9.10. The normalized spacial score (nSPS) is 15.4. The monoisotopic (exact) mass is 256 g/mol. The van der Waals surface area contributed by atoms with Crippen molar-refractivity contribution in [2.24, 2.45) is 4.99 Å².